The van der Waals surface area contributed by atoms with E-state index in [4.69, 9.17) is 0 Å². The van der Waals surface area contributed by atoms with Gasteiger partial charge in [-0.05, 0) is 54.7 Å². The summed E-state index contributed by atoms with van der Waals surface area (Å²) in [7, 11) is 0. The highest BCUT2D eigenvalue weighted by Crippen LogP contribution is 2.25. The highest BCUT2D eigenvalue weighted by atomic mass is 32.1. The van der Waals surface area contributed by atoms with Crippen molar-refractivity contribution in [2.24, 2.45) is 0 Å². The summed E-state index contributed by atoms with van der Waals surface area (Å²) in [5.41, 5.74) is 5.28. The number of carbonyl (C=O) groups excluding carboxylic acids is 1. The van der Waals surface area contributed by atoms with Crippen molar-refractivity contribution in [3.8, 4) is 17.2 Å². The third kappa shape index (κ3) is 4.39. The molecule has 2 heterocycles. The highest BCUT2D eigenvalue weighted by Gasteiger charge is 2.19. The molecule has 2 aromatic heterocycles. The van der Waals surface area contributed by atoms with Gasteiger partial charge in [0, 0.05) is 17.1 Å². The van der Waals surface area contributed by atoms with Crippen LogP contribution in [0.25, 0.3) is 17.2 Å². The van der Waals surface area contributed by atoms with Crippen LogP contribution < -0.4 is 5.32 Å². The molecule has 0 aliphatic heterocycles. The van der Waals surface area contributed by atoms with Gasteiger partial charge in [-0.1, -0.05) is 50.3 Å². The molecule has 31 heavy (non-hydrogen) atoms. The Bertz CT molecular complexity index is 1230. The lowest BCUT2D eigenvalue weighted by Crippen LogP contribution is -2.14. The predicted molar refractivity (Wildman–Crippen MR) is 123 cm³/mol. The van der Waals surface area contributed by atoms with E-state index in [0.717, 1.165) is 28.5 Å². The summed E-state index contributed by atoms with van der Waals surface area (Å²) < 4.78 is 6.13. The first kappa shape index (κ1) is 20.9. The van der Waals surface area contributed by atoms with Crippen molar-refractivity contribution in [1.29, 1.82) is 0 Å². The zero-order valence-electron chi connectivity index (χ0n) is 18.2. The molecular formula is C23H24N6OS. The molecule has 0 aliphatic carbocycles. The molecule has 8 heteroatoms. The Balaban J connectivity index is 1.52. The molecule has 158 valence electrons. The van der Waals surface area contributed by atoms with Crippen LogP contribution in [0.15, 0.2) is 48.5 Å². The van der Waals surface area contributed by atoms with Crippen molar-refractivity contribution in [2.75, 3.05) is 5.32 Å². The van der Waals surface area contributed by atoms with Crippen LogP contribution in [0.4, 0.5) is 5.13 Å². The Morgan fingerprint density at radius 2 is 1.81 bits per heavy atom. The van der Waals surface area contributed by atoms with Crippen LogP contribution in [-0.4, -0.2) is 30.3 Å². The van der Waals surface area contributed by atoms with Gasteiger partial charge >= 0.3 is 0 Å². The number of nitrogens with one attached hydrogen (secondary N) is 1. The minimum Gasteiger partial charge on any atom is -0.297 e. The van der Waals surface area contributed by atoms with E-state index in [1.165, 1.54) is 5.56 Å². The van der Waals surface area contributed by atoms with Crippen molar-refractivity contribution in [3.63, 3.8) is 0 Å². The maximum absolute atomic E-state index is 12.6. The highest BCUT2D eigenvalue weighted by molar-refractivity contribution is 7.10. The average Bonchev–Trinajstić information content (AvgIpc) is 3.33. The lowest BCUT2D eigenvalue weighted by atomic mass is 9.87. The molecule has 2 aromatic carbocycles. The lowest BCUT2D eigenvalue weighted by Gasteiger charge is -2.18. The summed E-state index contributed by atoms with van der Waals surface area (Å²) in [6.07, 6.45) is 0. The number of hydrogen-bond donors (Lipinski definition) is 1. The van der Waals surface area contributed by atoms with Crippen LogP contribution in [0.1, 0.15) is 48.0 Å². The maximum Gasteiger partial charge on any atom is 0.257 e. The second-order valence-corrected chi connectivity index (χ2v) is 9.23. The van der Waals surface area contributed by atoms with Gasteiger partial charge in [-0.3, -0.25) is 10.1 Å². The number of anilines is 1. The molecule has 7 nitrogen and oxygen atoms in total. The molecule has 1 N–H and O–H groups in total. The van der Waals surface area contributed by atoms with E-state index >= 15 is 0 Å². The SMILES string of the molecule is Cc1cccc(-n2nnc(-c3nsc(NC(=O)c4ccc(C(C)(C)C)cc4)n3)c2C)c1. The molecule has 0 spiro atoms. The molecule has 0 radical (unpaired) electrons. The van der Waals surface area contributed by atoms with Crippen LogP contribution in [0.2, 0.25) is 0 Å². The number of benzene rings is 2. The third-order valence-corrected chi connectivity index (χ3v) is 5.64. The van der Waals surface area contributed by atoms with Crippen LogP contribution in [0, 0.1) is 13.8 Å². The van der Waals surface area contributed by atoms with Gasteiger partial charge < -0.3 is 0 Å². The van der Waals surface area contributed by atoms with E-state index in [9.17, 15) is 4.79 Å². The van der Waals surface area contributed by atoms with Gasteiger partial charge in [-0.2, -0.15) is 9.36 Å². The molecule has 0 bridgehead atoms. The van der Waals surface area contributed by atoms with Gasteiger partial charge in [-0.15, -0.1) is 5.10 Å². The first-order valence-corrected chi connectivity index (χ1v) is 10.7. The molecule has 0 unspecified atom stereocenters. The van der Waals surface area contributed by atoms with Gasteiger partial charge in [-0.25, -0.2) is 4.68 Å². The number of nitrogens with zero attached hydrogens (tertiary/aromatic N) is 5. The van der Waals surface area contributed by atoms with Crippen molar-refractivity contribution in [3.05, 3.63) is 70.9 Å². The second kappa shape index (κ2) is 8.03. The summed E-state index contributed by atoms with van der Waals surface area (Å²) in [4.78, 5) is 17.1. The average molecular weight is 433 g/mol. The molecular weight excluding hydrogens is 408 g/mol. The zero-order valence-corrected chi connectivity index (χ0v) is 19.0. The molecule has 0 aliphatic rings. The van der Waals surface area contributed by atoms with Crippen LogP contribution in [0.5, 0.6) is 0 Å². The van der Waals surface area contributed by atoms with E-state index in [2.05, 4.69) is 45.8 Å². The number of aryl methyl sites for hydroxylation is 1. The Morgan fingerprint density at radius 3 is 2.48 bits per heavy atom. The fourth-order valence-corrected chi connectivity index (χ4v) is 3.77. The fraction of sp³-hybridized carbons (Fsp3) is 0.261. The smallest absolute Gasteiger partial charge is 0.257 e. The second-order valence-electron chi connectivity index (χ2n) is 8.48. The summed E-state index contributed by atoms with van der Waals surface area (Å²) in [6.45, 7) is 10.4. The van der Waals surface area contributed by atoms with Crippen molar-refractivity contribution in [1.82, 2.24) is 24.4 Å². The van der Waals surface area contributed by atoms with Crippen molar-refractivity contribution >= 4 is 22.6 Å². The number of aromatic nitrogens is 5. The third-order valence-electron chi connectivity index (χ3n) is 5.01. The fourth-order valence-electron chi connectivity index (χ4n) is 3.20. The van der Waals surface area contributed by atoms with Gasteiger partial charge in [0.1, 0.15) is 0 Å². The van der Waals surface area contributed by atoms with Gasteiger partial charge in [0.2, 0.25) is 5.13 Å². The van der Waals surface area contributed by atoms with E-state index in [1.54, 1.807) is 4.68 Å². The summed E-state index contributed by atoms with van der Waals surface area (Å²) in [5, 5.41) is 11.8. The molecule has 0 fully saturated rings. The monoisotopic (exact) mass is 432 g/mol. The number of carbonyl (C=O) groups is 1. The van der Waals surface area contributed by atoms with Gasteiger partial charge in [0.05, 0.1) is 11.4 Å². The largest absolute Gasteiger partial charge is 0.297 e. The van der Waals surface area contributed by atoms with E-state index in [1.807, 2.05) is 62.4 Å². The van der Waals surface area contributed by atoms with E-state index in [-0.39, 0.29) is 11.3 Å². The summed E-state index contributed by atoms with van der Waals surface area (Å²) >= 11 is 1.12. The summed E-state index contributed by atoms with van der Waals surface area (Å²) in [5.74, 6) is 0.225. The first-order chi connectivity index (χ1) is 14.7. The molecule has 1 amide bonds. The minimum absolute atomic E-state index is 0.0386. The number of hydrogen-bond acceptors (Lipinski definition) is 6. The number of amides is 1. The lowest BCUT2D eigenvalue weighted by molar-refractivity contribution is 0.102. The number of rotatable bonds is 4. The first-order valence-electron chi connectivity index (χ1n) is 9.98. The molecule has 0 saturated carbocycles. The molecule has 4 aromatic rings. The van der Waals surface area contributed by atoms with Gasteiger partial charge in [0.15, 0.2) is 11.5 Å². The van der Waals surface area contributed by atoms with Gasteiger partial charge in [0.25, 0.3) is 5.91 Å². The Kier molecular flexibility index (Phi) is 5.41. The predicted octanol–water partition coefficient (Wildman–Crippen LogP) is 4.95. The van der Waals surface area contributed by atoms with Crippen LogP contribution >= 0.6 is 11.5 Å². The maximum atomic E-state index is 12.6. The van der Waals surface area contributed by atoms with Crippen molar-refractivity contribution < 1.29 is 4.79 Å². The van der Waals surface area contributed by atoms with Crippen LogP contribution in [0.3, 0.4) is 0 Å². The normalized spacial score (nSPS) is 11.5. The Morgan fingerprint density at radius 1 is 1.06 bits per heavy atom. The van der Waals surface area contributed by atoms with Crippen molar-refractivity contribution in [2.45, 2.75) is 40.0 Å². The van der Waals surface area contributed by atoms with E-state index in [0.29, 0.717) is 22.2 Å². The molecule has 0 saturated heterocycles. The molecule has 0 atom stereocenters. The van der Waals surface area contributed by atoms with E-state index < -0.39 is 0 Å². The Labute approximate surface area is 185 Å². The van der Waals surface area contributed by atoms with Crippen LogP contribution in [-0.2, 0) is 5.41 Å². The quantitative estimate of drug-likeness (QED) is 0.493. The minimum atomic E-state index is -0.219. The summed E-state index contributed by atoms with van der Waals surface area (Å²) in [6, 6.07) is 15.6. The zero-order chi connectivity index (χ0) is 22.2. The topological polar surface area (TPSA) is 85.6 Å². The molecule has 4 rings (SSSR count). The standard InChI is InChI=1S/C23H24N6OS/c1-14-7-6-8-18(13-14)29-15(2)19(26-28-29)20-24-22(31-27-20)25-21(30)16-9-11-17(12-10-16)23(3,4)5/h6-13H,1-5H3,(H,24,25,27,30). The Hall–Kier alpha value is -3.39.